The van der Waals surface area contributed by atoms with Gasteiger partial charge in [0.2, 0.25) is 0 Å². The number of ether oxygens (including phenoxy) is 2. The van der Waals surface area contributed by atoms with Crippen molar-refractivity contribution >= 4 is 5.69 Å². The molecule has 0 bridgehead atoms. The number of rotatable bonds is 5. The van der Waals surface area contributed by atoms with Gasteiger partial charge in [0, 0.05) is 30.1 Å². The van der Waals surface area contributed by atoms with Crippen LogP contribution in [0.3, 0.4) is 0 Å². The number of aliphatic hydroxyl groups is 1. The number of hydrogen-bond donors (Lipinski definition) is 1. The summed E-state index contributed by atoms with van der Waals surface area (Å²) in [6.45, 7) is 2.93. The van der Waals surface area contributed by atoms with E-state index in [0.717, 1.165) is 27.9 Å². The van der Waals surface area contributed by atoms with Gasteiger partial charge in [-0.3, -0.25) is 4.68 Å². The Balaban J connectivity index is 1.61. The number of fused-ring (bicyclic) bond motifs is 1. The maximum Gasteiger partial charge on any atom is 0.256 e. The Morgan fingerprint density at radius 2 is 2.03 bits per heavy atom. The van der Waals surface area contributed by atoms with Gasteiger partial charge in [-0.25, -0.2) is 4.98 Å². The summed E-state index contributed by atoms with van der Waals surface area (Å²) in [4.78, 5) is 6.23. The Bertz CT molecular complexity index is 1100. The number of anilines is 1. The molecule has 1 aliphatic heterocycles. The van der Waals surface area contributed by atoms with E-state index in [0.29, 0.717) is 24.7 Å². The summed E-state index contributed by atoms with van der Waals surface area (Å²) in [7, 11) is 3.15. The van der Waals surface area contributed by atoms with Gasteiger partial charge in [0.05, 0.1) is 26.1 Å². The van der Waals surface area contributed by atoms with E-state index < -0.39 is 6.23 Å². The lowest BCUT2D eigenvalue weighted by atomic mass is 10.0. The van der Waals surface area contributed by atoms with Crippen LogP contribution in [0.4, 0.5) is 5.69 Å². The number of aromatic nitrogens is 3. The van der Waals surface area contributed by atoms with Gasteiger partial charge < -0.3 is 19.5 Å². The third-order valence-corrected chi connectivity index (χ3v) is 4.99. The quantitative estimate of drug-likeness (QED) is 0.676. The van der Waals surface area contributed by atoms with Crippen LogP contribution in [0.25, 0.3) is 11.1 Å². The van der Waals surface area contributed by atoms with Gasteiger partial charge in [-0.2, -0.15) is 5.10 Å². The molecule has 3 heterocycles. The summed E-state index contributed by atoms with van der Waals surface area (Å²) in [5.41, 5.74) is 4.74. The SMILES string of the molecule is CC#CCn1cc(N2Cc3cc(-c4cnc(OC)c(OC)c4)ccc3C2O)cn1. The third kappa shape index (κ3) is 3.50. The van der Waals surface area contributed by atoms with Crippen LogP contribution in [-0.4, -0.2) is 34.1 Å². The summed E-state index contributed by atoms with van der Waals surface area (Å²) in [5.74, 6) is 6.87. The van der Waals surface area contributed by atoms with Gasteiger partial charge in [0.25, 0.3) is 5.88 Å². The Morgan fingerprint density at radius 1 is 1.17 bits per heavy atom. The van der Waals surface area contributed by atoms with Crippen molar-refractivity contribution in [2.24, 2.45) is 0 Å². The van der Waals surface area contributed by atoms with Crippen LogP contribution < -0.4 is 14.4 Å². The van der Waals surface area contributed by atoms with Crippen molar-refractivity contribution in [1.82, 2.24) is 14.8 Å². The molecule has 1 aliphatic rings. The standard InChI is InChI=1S/C22H22N4O3/c1-4-5-8-25-14-18(12-24-25)26-13-17-9-15(6-7-19(17)22(26)27)16-10-20(28-2)21(29-3)23-11-16/h6-7,9-12,14,22,27H,8,13H2,1-3H3. The second-order valence-electron chi connectivity index (χ2n) is 6.67. The average Bonchev–Trinajstić information content (AvgIpc) is 3.35. The molecule has 0 radical (unpaired) electrons. The normalized spacial score (nSPS) is 14.9. The Morgan fingerprint density at radius 3 is 2.79 bits per heavy atom. The van der Waals surface area contributed by atoms with Crippen molar-refractivity contribution in [2.45, 2.75) is 26.2 Å². The molecule has 1 atom stereocenters. The highest BCUT2D eigenvalue weighted by Gasteiger charge is 2.29. The topological polar surface area (TPSA) is 72.6 Å². The highest BCUT2D eigenvalue weighted by atomic mass is 16.5. The summed E-state index contributed by atoms with van der Waals surface area (Å²) in [6, 6.07) is 7.91. The van der Waals surface area contributed by atoms with Gasteiger partial charge in [0.15, 0.2) is 12.0 Å². The summed E-state index contributed by atoms with van der Waals surface area (Å²) < 4.78 is 12.3. The summed E-state index contributed by atoms with van der Waals surface area (Å²) in [6.07, 6.45) is 4.70. The molecule has 1 aromatic carbocycles. The zero-order valence-electron chi connectivity index (χ0n) is 16.6. The molecule has 0 saturated carbocycles. The van der Waals surface area contributed by atoms with E-state index in [-0.39, 0.29) is 0 Å². The van der Waals surface area contributed by atoms with Crippen LogP contribution >= 0.6 is 0 Å². The van der Waals surface area contributed by atoms with E-state index in [1.807, 2.05) is 29.3 Å². The lowest BCUT2D eigenvalue weighted by Gasteiger charge is -2.20. The summed E-state index contributed by atoms with van der Waals surface area (Å²) >= 11 is 0. The van der Waals surface area contributed by atoms with Crippen molar-refractivity contribution in [2.75, 3.05) is 19.1 Å². The molecule has 3 aromatic rings. The first-order valence-corrected chi connectivity index (χ1v) is 9.22. The van der Waals surface area contributed by atoms with Gasteiger partial charge in [-0.15, -0.1) is 5.92 Å². The van der Waals surface area contributed by atoms with E-state index in [2.05, 4.69) is 28.0 Å². The van der Waals surface area contributed by atoms with Crippen LogP contribution in [0.1, 0.15) is 24.3 Å². The zero-order valence-corrected chi connectivity index (χ0v) is 16.6. The molecule has 29 heavy (non-hydrogen) atoms. The monoisotopic (exact) mass is 390 g/mol. The highest BCUT2D eigenvalue weighted by molar-refractivity contribution is 5.68. The largest absolute Gasteiger partial charge is 0.491 e. The van der Waals surface area contributed by atoms with E-state index in [9.17, 15) is 5.11 Å². The van der Waals surface area contributed by atoms with Gasteiger partial charge in [-0.1, -0.05) is 18.1 Å². The summed E-state index contributed by atoms with van der Waals surface area (Å²) in [5, 5.41) is 15.1. The molecule has 7 nitrogen and oxygen atoms in total. The molecule has 0 spiro atoms. The van der Waals surface area contributed by atoms with E-state index in [4.69, 9.17) is 9.47 Å². The van der Waals surface area contributed by atoms with Crippen molar-refractivity contribution in [3.63, 3.8) is 0 Å². The Labute approximate surface area is 169 Å². The minimum absolute atomic E-state index is 0.448. The second-order valence-corrected chi connectivity index (χ2v) is 6.67. The molecule has 1 unspecified atom stereocenters. The molecular formula is C22H22N4O3. The number of nitrogens with zero attached hydrogens (tertiary/aromatic N) is 4. The maximum atomic E-state index is 10.8. The third-order valence-electron chi connectivity index (χ3n) is 4.99. The molecule has 0 amide bonds. The predicted molar refractivity (Wildman–Crippen MR) is 110 cm³/mol. The fourth-order valence-corrected chi connectivity index (χ4v) is 3.48. The lowest BCUT2D eigenvalue weighted by Crippen LogP contribution is -2.20. The molecule has 0 fully saturated rings. The number of pyridine rings is 1. The average molecular weight is 390 g/mol. The van der Waals surface area contributed by atoms with E-state index in [1.165, 1.54) is 0 Å². The number of benzene rings is 1. The fraction of sp³-hybridized carbons (Fsp3) is 0.273. The number of aliphatic hydroxyl groups excluding tert-OH is 1. The predicted octanol–water partition coefficient (Wildman–Crippen LogP) is 3.00. The fourth-order valence-electron chi connectivity index (χ4n) is 3.48. The van der Waals surface area contributed by atoms with E-state index in [1.54, 1.807) is 38.2 Å². The zero-order chi connectivity index (χ0) is 20.4. The van der Waals surface area contributed by atoms with Crippen LogP contribution in [0.15, 0.2) is 42.9 Å². The molecule has 0 saturated heterocycles. The molecule has 1 N–H and O–H groups in total. The Hall–Kier alpha value is -3.50. The van der Waals surface area contributed by atoms with Crippen molar-refractivity contribution < 1.29 is 14.6 Å². The van der Waals surface area contributed by atoms with Crippen LogP contribution in [-0.2, 0) is 13.1 Å². The van der Waals surface area contributed by atoms with E-state index >= 15 is 0 Å². The number of hydrogen-bond acceptors (Lipinski definition) is 6. The van der Waals surface area contributed by atoms with Gasteiger partial charge in [0.1, 0.15) is 6.54 Å². The minimum atomic E-state index is -0.711. The van der Waals surface area contributed by atoms with Crippen molar-refractivity contribution in [1.29, 1.82) is 0 Å². The maximum absolute atomic E-state index is 10.8. The highest BCUT2D eigenvalue weighted by Crippen LogP contribution is 2.38. The van der Waals surface area contributed by atoms with Crippen LogP contribution in [0.2, 0.25) is 0 Å². The molecule has 0 aliphatic carbocycles. The first-order chi connectivity index (χ1) is 14.1. The minimum Gasteiger partial charge on any atom is -0.491 e. The first-order valence-electron chi connectivity index (χ1n) is 9.22. The number of methoxy groups -OCH3 is 2. The first kappa shape index (κ1) is 18.8. The molecule has 4 rings (SSSR count). The van der Waals surface area contributed by atoms with Crippen molar-refractivity contribution in [3.05, 3.63) is 54.0 Å². The van der Waals surface area contributed by atoms with Crippen LogP contribution in [0.5, 0.6) is 11.6 Å². The van der Waals surface area contributed by atoms with Crippen LogP contribution in [0, 0.1) is 11.8 Å². The molecule has 7 heteroatoms. The Kier molecular flexibility index (Phi) is 5.10. The molecule has 148 valence electrons. The lowest BCUT2D eigenvalue weighted by molar-refractivity contribution is 0.181. The van der Waals surface area contributed by atoms with Gasteiger partial charge >= 0.3 is 0 Å². The second kappa shape index (κ2) is 7.86. The smallest absolute Gasteiger partial charge is 0.256 e. The molecular weight excluding hydrogens is 368 g/mol. The van der Waals surface area contributed by atoms with Gasteiger partial charge in [-0.05, 0) is 30.2 Å². The molecule has 2 aromatic heterocycles. The van der Waals surface area contributed by atoms with Crippen molar-refractivity contribution in [3.8, 4) is 34.6 Å².